The first-order valence-corrected chi connectivity index (χ1v) is 22.7. The predicted octanol–water partition coefficient (Wildman–Crippen LogP) is 18.3. The van der Waals surface area contributed by atoms with Crippen molar-refractivity contribution in [1.82, 2.24) is 0 Å². The molecule has 67 heavy (non-hydrogen) atoms. The summed E-state index contributed by atoms with van der Waals surface area (Å²) in [6.07, 6.45) is 0. The van der Waals surface area contributed by atoms with Gasteiger partial charge in [-0.15, -0.1) is 0 Å². The van der Waals surface area contributed by atoms with Gasteiger partial charge in [0, 0.05) is 55.4 Å². The lowest BCUT2D eigenvalue weighted by Gasteiger charge is -2.28. The average Bonchev–Trinajstić information content (AvgIpc) is 4.06. The van der Waals surface area contributed by atoms with Crippen molar-refractivity contribution in [2.75, 3.05) is 9.80 Å². The van der Waals surface area contributed by atoms with Crippen LogP contribution in [0, 0.1) is 13.8 Å². The van der Waals surface area contributed by atoms with Crippen LogP contribution in [0.25, 0.3) is 87.7 Å². The minimum absolute atomic E-state index is 0.851. The van der Waals surface area contributed by atoms with Gasteiger partial charge >= 0.3 is 0 Å². The van der Waals surface area contributed by atoms with E-state index in [-0.39, 0.29) is 0 Å². The third kappa shape index (κ3) is 6.54. The van der Waals surface area contributed by atoms with Gasteiger partial charge < -0.3 is 23.1 Å². The van der Waals surface area contributed by atoms with E-state index >= 15 is 0 Å². The summed E-state index contributed by atoms with van der Waals surface area (Å²) in [6, 6.07) is 77.7. The summed E-state index contributed by atoms with van der Waals surface area (Å²) < 4.78 is 19.2. The molecule has 13 aromatic rings. The molecule has 0 radical (unpaired) electrons. The Morgan fingerprint density at radius 3 is 1.10 bits per heavy atom. The summed E-state index contributed by atoms with van der Waals surface area (Å²) in [7, 11) is 0. The van der Waals surface area contributed by atoms with E-state index in [9.17, 15) is 0 Å². The maximum absolute atomic E-state index is 6.81. The molecule has 0 saturated carbocycles. The molecule has 0 amide bonds. The average molecular weight is 863 g/mol. The van der Waals surface area contributed by atoms with Gasteiger partial charge in [-0.25, -0.2) is 0 Å². The van der Waals surface area contributed by atoms with E-state index in [1.54, 1.807) is 0 Å². The summed E-state index contributed by atoms with van der Waals surface area (Å²) >= 11 is 0. The van der Waals surface area contributed by atoms with E-state index in [2.05, 4.69) is 228 Å². The molecule has 5 heteroatoms. The number of benzene rings is 10. The van der Waals surface area contributed by atoms with Gasteiger partial charge in [-0.3, -0.25) is 0 Å². The van der Waals surface area contributed by atoms with E-state index < -0.39 is 0 Å². The predicted molar refractivity (Wildman–Crippen MR) is 278 cm³/mol. The number of hydrogen-bond acceptors (Lipinski definition) is 5. The highest BCUT2D eigenvalue weighted by Gasteiger charge is 2.24. The normalized spacial score (nSPS) is 11.7. The van der Waals surface area contributed by atoms with Gasteiger partial charge in [-0.1, -0.05) is 109 Å². The maximum Gasteiger partial charge on any atom is 0.136 e. The smallest absolute Gasteiger partial charge is 0.136 e. The largest absolute Gasteiger partial charge is 0.461 e. The minimum Gasteiger partial charge on any atom is -0.461 e. The zero-order valence-corrected chi connectivity index (χ0v) is 36.9. The van der Waals surface area contributed by atoms with Crippen LogP contribution in [0.5, 0.6) is 0 Å². The molecule has 0 unspecified atom stereocenters. The molecular formula is C62H42N2O3. The van der Waals surface area contributed by atoms with Gasteiger partial charge in [-0.2, -0.15) is 0 Å². The second-order valence-corrected chi connectivity index (χ2v) is 17.4. The van der Waals surface area contributed by atoms with E-state index in [4.69, 9.17) is 13.3 Å². The van der Waals surface area contributed by atoms with Crippen molar-refractivity contribution in [3.63, 3.8) is 0 Å². The third-order valence-electron chi connectivity index (χ3n) is 13.1. The molecule has 0 fully saturated rings. The fraction of sp³-hybridized carbons (Fsp3) is 0.0323. The molecule has 0 atom stereocenters. The minimum atomic E-state index is 0.851. The first-order chi connectivity index (χ1) is 33.0. The molecule has 3 heterocycles. The first kappa shape index (κ1) is 38.6. The molecule has 0 aliphatic carbocycles. The number of furan rings is 3. The molecule has 318 valence electrons. The zero-order chi connectivity index (χ0) is 44.6. The Hall–Kier alpha value is -8.80. The monoisotopic (exact) mass is 862 g/mol. The Kier molecular flexibility index (Phi) is 8.90. The van der Waals surface area contributed by atoms with Gasteiger partial charge in [0.2, 0.25) is 0 Å². The number of para-hydroxylation sites is 2. The number of aryl methyl sites for hydroxylation is 2. The number of anilines is 6. The standard InChI is InChI=1S/C62H42N2O3/c1-39-31-53-57(65-39)29-27-55(61(53)41-15-7-3-8-16-41)63(47-19-11-5-12-20-47)49-25-23-43-35-51-52-36-44-24-26-50(34-46(44)38-60(52)67-59(51)37-45(43)33-49)64(48-21-13-6-14-22-48)56-28-30-58-54(32-40(2)66-58)62(56)42-17-9-4-10-18-42/h3-38H,1-2H3. The summed E-state index contributed by atoms with van der Waals surface area (Å²) in [5, 5.41) is 8.83. The quantitative estimate of drug-likeness (QED) is 0.152. The summed E-state index contributed by atoms with van der Waals surface area (Å²) in [4.78, 5) is 4.71. The van der Waals surface area contributed by atoms with Gasteiger partial charge in [-0.05, 0) is 156 Å². The van der Waals surface area contributed by atoms with Crippen molar-refractivity contribution in [2.24, 2.45) is 0 Å². The number of rotatable bonds is 8. The van der Waals surface area contributed by atoms with Crippen molar-refractivity contribution in [3.05, 3.63) is 230 Å². The van der Waals surface area contributed by atoms with Crippen LogP contribution < -0.4 is 9.80 Å². The molecular weight excluding hydrogens is 821 g/mol. The molecule has 10 aromatic carbocycles. The second-order valence-electron chi connectivity index (χ2n) is 17.4. The van der Waals surface area contributed by atoms with Crippen LogP contribution in [0.15, 0.2) is 232 Å². The first-order valence-electron chi connectivity index (χ1n) is 22.7. The van der Waals surface area contributed by atoms with E-state index in [0.29, 0.717) is 0 Å². The lowest BCUT2D eigenvalue weighted by molar-refractivity contribution is 0.578. The van der Waals surface area contributed by atoms with Crippen molar-refractivity contribution in [3.8, 4) is 22.3 Å². The van der Waals surface area contributed by atoms with Crippen LogP contribution in [0.3, 0.4) is 0 Å². The Bertz CT molecular complexity index is 3740. The van der Waals surface area contributed by atoms with Gasteiger partial charge in [0.05, 0.1) is 11.4 Å². The van der Waals surface area contributed by atoms with Gasteiger partial charge in [0.1, 0.15) is 33.9 Å². The lowest BCUT2D eigenvalue weighted by Crippen LogP contribution is -2.11. The van der Waals surface area contributed by atoms with Crippen LogP contribution >= 0.6 is 0 Å². The molecule has 5 nitrogen and oxygen atoms in total. The highest BCUT2D eigenvalue weighted by atomic mass is 16.3. The Morgan fingerprint density at radius 2 is 0.687 bits per heavy atom. The highest BCUT2D eigenvalue weighted by molar-refractivity contribution is 6.15. The van der Waals surface area contributed by atoms with Crippen LogP contribution in [0.1, 0.15) is 11.5 Å². The van der Waals surface area contributed by atoms with E-state index in [0.717, 1.165) is 133 Å². The van der Waals surface area contributed by atoms with Crippen LogP contribution in [0.4, 0.5) is 34.1 Å². The van der Waals surface area contributed by atoms with Crippen molar-refractivity contribution >= 4 is 99.5 Å². The Labute approximate surface area is 386 Å². The molecule has 0 saturated heterocycles. The molecule has 0 spiro atoms. The molecule has 0 bridgehead atoms. The second kappa shape index (κ2) is 15.4. The molecule has 0 aliphatic rings. The molecule has 3 aromatic heterocycles. The van der Waals surface area contributed by atoms with E-state index in [1.807, 2.05) is 13.8 Å². The zero-order valence-electron chi connectivity index (χ0n) is 36.9. The summed E-state index contributed by atoms with van der Waals surface area (Å²) in [5.74, 6) is 1.77. The molecule has 0 N–H and O–H groups in total. The van der Waals surface area contributed by atoms with Crippen LogP contribution in [-0.4, -0.2) is 0 Å². The van der Waals surface area contributed by atoms with Gasteiger partial charge in [0.15, 0.2) is 0 Å². The molecule has 13 rings (SSSR count). The van der Waals surface area contributed by atoms with Gasteiger partial charge in [0.25, 0.3) is 0 Å². The third-order valence-corrected chi connectivity index (χ3v) is 13.1. The maximum atomic E-state index is 6.81. The lowest BCUT2D eigenvalue weighted by atomic mass is 9.97. The number of fused-ring (bicyclic) bond motifs is 7. The fourth-order valence-corrected chi connectivity index (χ4v) is 10.2. The topological polar surface area (TPSA) is 45.9 Å². The Morgan fingerprint density at radius 1 is 0.284 bits per heavy atom. The number of nitrogens with zero attached hydrogens (tertiary/aromatic N) is 2. The van der Waals surface area contributed by atoms with Crippen molar-refractivity contribution < 1.29 is 13.3 Å². The van der Waals surface area contributed by atoms with Crippen molar-refractivity contribution in [1.29, 1.82) is 0 Å². The molecule has 0 aliphatic heterocycles. The van der Waals surface area contributed by atoms with Crippen LogP contribution in [0.2, 0.25) is 0 Å². The fourth-order valence-electron chi connectivity index (χ4n) is 10.2. The Balaban J connectivity index is 0.947. The van der Waals surface area contributed by atoms with E-state index in [1.165, 1.54) is 0 Å². The SMILES string of the molecule is Cc1cc2c(-c3ccccc3)c(N(c3ccccc3)c3ccc4cc5c(cc4c3)oc3cc4cc(N(c6ccccc6)c6ccc7oc(C)cc7c6-c6ccccc6)ccc4cc35)ccc2o1. The summed E-state index contributed by atoms with van der Waals surface area (Å²) in [6.45, 7) is 4.02. The summed E-state index contributed by atoms with van der Waals surface area (Å²) in [5.41, 5.74) is 14.3. The van der Waals surface area contributed by atoms with Crippen LogP contribution in [-0.2, 0) is 0 Å². The number of hydrogen-bond donors (Lipinski definition) is 0. The van der Waals surface area contributed by atoms with Crippen molar-refractivity contribution in [2.45, 2.75) is 13.8 Å². The highest BCUT2D eigenvalue weighted by Crippen LogP contribution is 2.48.